The van der Waals surface area contributed by atoms with Gasteiger partial charge in [0.2, 0.25) is 0 Å². The predicted octanol–water partition coefficient (Wildman–Crippen LogP) is 4.98. The number of nitrogens with zero attached hydrogens (tertiary/aromatic N) is 1. The highest BCUT2D eigenvalue weighted by molar-refractivity contribution is 9.10. The first-order valence-electron chi connectivity index (χ1n) is 7.16. The van der Waals surface area contributed by atoms with Crippen LogP contribution >= 0.6 is 15.9 Å². The van der Waals surface area contributed by atoms with E-state index < -0.39 is 0 Å². The fourth-order valence-corrected chi connectivity index (χ4v) is 3.45. The van der Waals surface area contributed by atoms with Crippen LogP contribution in [0.5, 0.6) is 0 Å². The molecule has 1 fully saturated rings. The summed E-state index contributed by atoms with van der Waals surface area (Å²) in [6.45, 7) is 2.32. The number of hydrogen-bond acceptors (Lipinski definition) is 3. The Labute approximate surface area is 127 Å². The largest absolute Gasteiger partial charge is 0.380 e. The van der Waals surface area contributed by atoms with Gasteiger partial charge in [0.25, 0.3) is 0 Å². The van der Waals surface area contributed by atoms with Gasteiger partial charge in [-0.05, 0) is 36.5 Å². The summed E-state index contributed by atoms with van der Waals surface area (Å²) in [5, 5.41) is 4.00. The molecular weight excluding hydrogens is 316 g/mol. The number of nitrogen functional groups attached to an aromatic ring is 1. The zero-order chi connectivity index (χ0) is 14.1. The van der Waals surface area contributed by atoms with Crippen molar-refractivity contribution in [3.63, 3.8) is 0 Å². The molecule has 1 aliphatic carbocycles. The van der Waals surface area contributed by atoms with Crippen LogP contribution < -0.4 is 5.73 Å². The molecule has 0 amide bonds. The van der Waals surface area contributed by atoms with Crippen molar-refractivity contribution in [1.29, 1.82) is 0 Å². The van der Waals surface area contributed by atoms with Gasteiger partial charge in [-0.2, -0.15) is 0 Å². The number of nitrogens with two attached hydrogens (primary N) is 1. The average Bonchev–Trinajstić information content (AvgIpc) is 2.81. The summed E-state index contributed by atoms with van der Waals surface area (Å²) >= 11 is 3.51. The van der Waals surface area contributed by atoms with E-state index in [0.717, 1.165) is 40.1 Å². The second kappa shape index (κ2) is 5.60. The molecule has 3 rings (SSSR count). The van der Waals surface area contributed by atoms with Gasteiger partial charge < -0.3 is 10.3 Å². The third kappa shape index (κ3) is 2.62. The molecule has 20 heavy (non-hydrogen) atoms. The minimum Gasteiger partial charge on any atom is -0.380 e. The van der Waals surface area contributed by atoms with Crippen LogP contribution in [0.2, 0.25) is 0 Å². The molecule has 3 nitrogen and oxygen atoms in total. The van der Waals surface area contributed by atoms with Crippen molar-refractivity contribution >= 4 is 21.7 Å². The third-order valence-electron chi connectivity index (χ3n) is 4.24. The lowest BCUT2D eigenvalue weighted by Crippen LogP contribution is -2.11. The molecule has 1 heterocycles. The van der Waals surface area contributed by atoms with Gasteiger partial charge in [0.05, 0.1) is 5.56 Å². The Kier molecular flexibility index (Phi) is 3.83. The summed E-state index contributed by atoms with van der Waals surface area (Å²) in [6, 6.07) is 8.15. The van der Waals surface area contributed by atoms with Crippen LogP contribution in [0.15, 0.2) is 33.3 Å². The molecule has 4 heteroatoms. The summed E-state index contributed by atoms with van der Waals surface area (Å²) in [4.78, 5) is 0. The third-order valence-corrected chi connectivity index (χ3v) is 4.74. The quantitative estimate of drug-likeness (QED) is 0.842. The molecule has 1 saturated carbocycles. The van der Waals surface area contributed by atoms with Gasteiger partial charge >= 0.3 is 0 Å². The van der Waals surface area contributed by atoms with Gasteiger partial charge in [-0.1, -0.05) is 53.0 Å². The maximum absolute atomic E-state index is 6.04. The maximum Gasteiger partial charge on any atom is 0.175 e. The molecule has 1 aliphatic rings. The van der Waals surface area contributed by atoms with Crippen molar-refractivity contribution in [2.45, 2.75) is 38.5 Å². The second-order valence-electron chi connectivity index (χ2n) is 5.77. The molecular formula is C16H19BrN2O. The number of aromatic nitrogens is 1. The molecule has 0 radical (unpaired) electrons. The van der Waals surface area contributed by atoms with Crippen molar-refractivity contribution in [3.05, 3.63) is 34.5 Å². The van der Waals surface area contributed by atoms with Crippen molar-refractivity contribution in [3.8, 4) is 11.1 Å². The Hall–Kier alpha value is -1.29. The Morgan fingerprint density at radius 1 is 1.25 bits per heavy atom. The van der Waals surface area contributed by atoms with E-state index in [1.807, 2.05) is 12.1 Å². The molecule has 0 saturated heterocycles. The lowest BCUT2D eigenvalue weighted by molar-refractivity contribution is 0.289. The zero-order valence-electron chi connectivity index (χ0n) is 11.6. The van der Waals surface area contributed by atoms with E-state index in [1.165, 1.54) is 12.8 Å². The van der Waals surface area contributed by atoms with E-state index in [-0.39, 0.29) is 0 Å². The number of halogens is 1. The molecule has 1 aromatic carbocycles. The van der Waals surface area contributed by atoms with E-state index in [1.54, 1.807) is 0 Å². The standard InChI is InChI=1S/C16H19BrN2O/c1-10-5-7-11(8-6-10)15-14(16(18)19-20-15)12-3-2-4-13(17)9-12/h2-4,9-11H,5-8H2,1H3,(H2,18,19). The minimum absolute atomic E-state index is 0.449. The van der Waals surface area contributed by atoms with Crippen molar-refractivity contribution in [2.24, 2.45) is 5.92 Å². The average molecular weight is 335 g/mol. The highest BCUT2D eigenvalue weighted by Gasteiger charge is 2.27. The van der Waals surface area contributed by atoms with E-state index in [9.17, 15) is 0 Å². The maximum atomic E-state index is 6.04. The highest BCUT2D eigenvalue weighted by Crippen LogP contribution is 2.42. The van der Waals surface area contributed by atoms with Crippen molar-refractivity contribution < 1.29 is 4.52 Å². The van der Waals surface area contributed by atoms with Gasteiger partial charge in [-0.15, -0.1) is 0 Å². The van der Waals surface area contributed by atoms with Crippen LogP contribution in [0.4, 0.5) is 5.82 Å². The first-order valence-corrected chi connectivity index (χ1v) is 7.95. The van der Waals surface area contributed by atoms with Gasteiger partial charge in [-0.25, -0.2) is 0 Å². The number of anilines is 1. The molecule has 106 valence electrons. The lowest BCUT2D eigenvalue weighted by Gasteiger charge is -2.24. The second-order valence-corrected chi connectivity index (χ2v) is 6.69. The van der Waals surface area contributed by atoms with E-state index in [4.69, 9.17) is 10.3 Å². The van der Waals surface area contributed by atoms with E-state index in [0.29, 0.717) is 11.7 Å². The molecule has 0 bridgehead atoms. The smallest absolute Gasteiger partial charge is 0.175 e. The topological polar surface area (TPSA) is 52.0 Å². The van der Waals surface area contributed by atoms with Crippen LogP contribution in [0.1, 0.15) is 44.3 Å². The first-order chi connectivity index (χ1) is 9.65. The summed E-state index contributed by atoms with van der Waals surface area (Å²) < 4.78 is 6.61. The van der Waals surface area contributed by atoms with Crippen LogP contribution in [0.25, 0.3) is 11.1 Å². The lowest BCUT2D eigenvalue weighted by atomic mass is 9.80. The number of rotatable bonds is 2. The normalized spacial score (nSPS) is 22.9. The fourth-order valence-electron chi connectivity index (χ4n) is 3.05. The first kappa shape index (κ1) is 13.7. The van der Waals surface area contributed by atoms with Gasteiger partial charge in [0.1, 0.15) is 5.76 Å². The molecule has 0 spiro atoms. The Bertz CT molecular complexity index is 600. The minimum atomic E-state index is 0.449. The van der Waals surface area contributed by atoms with Crippen molar-refractivity contribution in [2.75, 3.05) is 5.73 Å². The van der Waals surface area contributed by atoms with Crippen molar-refractivity contribution in [1.82, 2.24) is 5.16 Å². The summed E-state index contributed by atoms with van der Waals surface area (Å²) in [5.74, 6) is 2.73. The Balaban J connectivity index is 1.97. The summed E-state index contributed by atoms with van der Waals surface area (Å²) in [7, 11) is 0. The van der Waals surface area contributed by atoms with Gasteiger partial charge in [-0.3, -0.25) is 0 Å². The van der Waals surface area contributed by atoms with Crippen LogP contribution in [-0.4, -0.2) is 5.16 Å². The molecule has 2 N–H and O–H groups in total. The monoisotopic (exact) mass is 334 g/mol. The van der Waals surface area contributed by atoms with E-state index in [2.05, 4.69) is 40.1 Å². The number of hydrogen-bond donors (Lipinski definition) is 1. The summed E-state index contributed by atoms with van der Waals surface area (Å²) in [5.41, 5.74) is 8.09. The molecule has 0 atom stereocenters. The zero-order valence-corrected chi connectivity index (χ0v) is 13.2. The Morgan fingerprint density at radius 2 is 2.00 bits per heavy atom. The van der Waals surface area contributed by atoms with Crippen LogP contribution in [-0.2, 0) is 0 Å². The fraction of sp³-hybridized carbons (Fsp3) is 0.438. The molecule has 0 unspecified atom stereocenters. The SMILES string of the molecule is CC1CCC(c2onc(N)c2-c2cccc(Br)c2)CC1. The number of benzene rings is 1. The molecule has 0 aliphatic heterocycles. The van der Waals surface area contributed by atoms with E-state index >= 15 is 0 Å². The molecule has 2 aromatic rings. The predicted molar refractivity (Wildman–Crippen MR) is 84.4 cm³/mol. The van der Waals surface area contributed by atoms with Gasteiger partial charge in [0.15, 0.2) is 5.82 Å². The summed E-state index contributed by atoms with van der Waals surface area (Å²) in [6.07, 6.45) is 4.83. The Morgan fingerprint density at radius 3 is 2.70 bits per heavy atom. The molecule has 1 aromatic heterocycles. The van der Waals surface area contributed by atoms with Crippen LogP contribution in [0, 0.1) is 5.92 Å². The van der Waals surface area contributed by atoms with Gasteiger partial charge in [0, 0.05) is 10.4 Å². The highest BCUT2D eigenvalue weighted by atomic mass is 79.9. The van der Waals surface area contributed by atoms with Crippen LogP contribution in [0.3, 0.4) is 0 Å².